The zero-order chi connectivity index (χ0) is 18.3. The van der Waals surface area contributed by atoms with Crippen LogP contribution in [-0.2, 0) is 10.2 Å². The standard InChI is InChI=1S/C19H15F3N2O2/c1-26-16(25)11-4-5-13-12(7-11)23-15(14-3-2-6-24(13)14)17-8-18(9-17,10-17)19(20,21)22/h2-7H,8-10H2,1H3. The van der Waals surface area contributed by atoms with Crippen LogP contribution in [0.3, 0.4) is 0 Å². The van der Waals surface area contributed by atoms with Gasteiger partial charge in [0.25, 0.3) is 0 Å². The number of rotatable bonds is 2. The third kappa shape index (κ3) is 1.75. The van der Waals surface area contributed by atoms with Crippen molar-refractivity contribution in [1.82, 2.24) is 9.38 Å². The number of alkyl halides is 3. The highest BCUT2D eigenvalue weighted by atomic mass is 19.4. The van der Waals surface area contributed by atoms with Crippen molar-refractivity contribution in [2.24, 2.45) is 5.41 Å². The van der Waals surface area contributed by atoms with E-state index in [0.29, 0.717) is 16.8 Å². The summed E-state index contributed by atoms with van der Waals surface area (Å²) < 4.78 is 46.3. The summed E-state index contributed by atoms with van der Waals surface area (Å²) in [6, 6.07) is 8.82. The van der Waals surface area contributed by atoms with Crippen LogP contribution < -0.4 is 0 Å². The van der Waals surface area contributed by atoms with Gasteiger partial charge in [0.2, 0.25) is 0 Å². The zero-order valence-corrected chi connectivity index (χ0v) is 13.9. The second kappa shape index (κ2) is 4.58. The molecule has 0 aliphatic heterocycles. The second-order valence-corrected chi connectivity index (χ2v) is 7.51. The van der Waals surface area contributed by atoms with Gasteiger partial charge in [-0.2, -0.15) is 13.2 Å². The third-order valence-corrected chi connectivity index (χ3v) is 6.01. The summed E-state index contributed by atoms with van der Waals surface area (Å²) in [6.45, 7) is 0. The van der Waals surface area contributed by atoms with Crippen molar-refractivity contribution in [3.05, 3.63) is 47.8 Å². The highest BCUT2D eigenvalue weighted by Crippen LogP contribution is 2.78. The maximum atomic E-state index is 13.2. The number of aromatic nitrogens is 2. The Morgan fingerprint density at radius 1 is 1.19 bits per heavy atom. The molecule has 0 atom stereocenters. The molecule has 4 nitrogen and oxygen atoms in total. The van der Waals surface area contributed by atoms with Crippen LogP contribution in [0.15, 0.2) is 36.5 Å². The largest absolute Gasteiger partial charge is 0.465 e. The molecule has 6 rings (SSSR count). The Hall–Kier alpha value is -2.57. The molecule has 0 saturated heterocycles. The van der Waals surface area contributed by atoms with E-state index in [0.717, 1.165) is 11.0 Å². The normalized spacial score (nSPS) is 27.2. The number of esters is 1. The van der Waals surface area contributed by atoms with Gasteiger partial charge in [-0.3, -0.25) is 0 Å². The van der Waals surface area contributed by atoms with E-state index >= 15 is 0 Å². The molecule has 134 valence electrons. The molecule has 1 aromatic carbocycles. The average Bonchev–Trinajstić information content (AvgIpc) is 2.99. The molecule has 3 aliphatic carbocycles. The molecule has 3 aliphatic rings. The van der Waals surface area contributed by atoms with Crippen molar-refractivity contribution in [1.29, 1.82) is 0 Å². The van der Waals surface area contributed by atoms with Crippen molar-refractivity contribution in [2.75, 3.05) is 7.11 Å². The van der Waals surface area contributed by atoms with E-state index in [2.05, 4.69) is 0 Å². The minimum absolute atomic E-state index is 0.0968. The van der Waals surface area contributed by atoms with Crippen molar-refractivity contribution in [2.45, 2.75) is 30.9 Å². The van der Waals surface area contributed by atoms with E-state index in [-0.39, 0.29) is 19.3 Å². The highest BCUT2D eigenvalue weighted by molar-refractivity contribution is 5.94. The van der Waals surface area contributed by atoms with E-state index in [1.54, 1.807) is 18.2 Å². The van der Waals surface area contributed by atoms with Gasteiger partial charge < -0.3 is 9.14 Å². The van der Waals surface area contributed by atoms with Gasteiger partial charge in [0.1, 0.15) is 0 Å². The molecule has 3 saturated carbocycles. The van der Waals surface area contributed by atoms with Crippen LogP contribution in [0.5, 0.6) is 0 Å². The third-order valence-electron chi connectivity index (χ3n) is 6.01. The van der Waals surface area contributed by atoms with Crippen LogP contribution in [-0.4, -0.2) is 28.6 Å². The first-order valence-corrected chi connectivity index (χ1v) is 8.35. The van der Waals surface area contributed by atoms with Crippen LogP contribution in [0.2, 0.25) is 0 Å². The Morgan fingerprint density at radius 2 is 1.92 bits per heavy atom. The maximum absolute atomic E-state index is 13.2. The summed E-state index contributed by atoms with van der Waals surface area (Å²) in [4.78, 5) is 16.5. The molecule has 0 amide bonds. The molecule has 0 radical (unpaired) electrons. The lowest BCUT2D eigenvalue weighted by Crippen LogP contribution is -2.70. The summed E-state index contributed by atoms with van der Waals surface area (Å²) in [6.07, 6.45) is -1.99. The number of fused-ring (bicyclic) bond motifs is 3. The van der Waals surface area contributed by atoms with Crippen LogP contribution >= 0.6 is 0 Å². The number of nitrogens with zero attached hydrogens (tertiary/aromatic N) is 2. The lowest BCUT2D eigenvalue weighted by molar-refractivity contribution is -0.337. The highest BCUT2D eigenvalue weighted by Gasteiger charge is 2.79. The van der Waals surface area contributed by atoms with Gasteiger partial charge in [-0.15, -0.1) is 0 Å². The minimum Gasteiger partial charge on any atom is -0.465 e. The maximum Gasteiger partial charge on any atom is 0.394 e. The van der Waals surface area contributed by atoms with Gasteiger partial charge in [0.05, 0.1) is 40.3 Å². The van der Waals surface area contributed by atoms with Crippen LogP contribution in [0.1, 0.15) is 35.3 Å². The Morgan fingerprint density at radius 3 is 2.58 bits per heavy atom. The molecule has 3 aromatic rings. The van der Waals surface area contributed by atoms with Crippen molar-refractivity contribution >= 4 is 22.5 Å². The first-order valence-electron chi connectivity index (χ1n) is 8.35. The molecule has 0 unspecified atom stereocenters. The summed E-state index contributed by atoms with van der Waals surface area (Å²) in [7, 11) is 1.30. The number of hydrogen-bond acceptors (Lipinski definition) is 3. The van der Waals surface area contributed by atoms with E-state index < -0.39 is 23.0 Å². The molecule has 2 heterocycles. The Bertz CT molecular complexity index is 1060. The number of benzene rings is 1. The lowest BCUT2D eigenvalue weighted by Gasteiger charge is -2.70. The first-order chi connectivity index (χ1) is 12.3. The number of halogens is 3. The zero-order valence-electron chi connectivity index (χ0n) is 13.9. The second-order valence-electron chi connectivity index (χ2n) is 7.51. The fourth-order valence-corrected chi connectivity index (χ4v) is 4.75. The fourth-order valence-electron chi connectivity index (χ4n) is 4.75. The predicted octanol–water partition coefficient (Wildman–Crippen LogP) is 4.26. The summed E-state index contributed by atoms with van der Waals surface area (Å²) in [5.41, 5.74) is 1.25. The fraction of sp³-hybridized carbons (Fsp3) is 0.368. The first kappa shape index (κ1) is 15.7. The average molecular weight is 360 g/mol. The molecule has 0 N–H and O–H groups in total. The molecule has 2 aromatic heterocycles. The van der Waals surface area contributed by atoms with Gasteiger partial charge in [-0.1, -0.05) is 0 Å². The number of hydrogen-bond donors (Lipinski definition) is 0. The van der Waals surface area contributed by atoms with Crippen molar-refractivity contribution < 1.29 is 22.7 Å². The summed E-state index contributed by atoms with van der Waals surface area (Å²) in [5.74, 6) is -0.468. The number of carbonyl (C=O) groups excluding carboxylic acids is 1. The lowest BCUT2D eigenvalue weighted by atomic mass is 9.34. The smallest absolute Gasteiger partial charge is 0.394 e. The monoisotopic (exact) mass is 360 g/mol. The van der Waals surface area contributed by atoms with Crippen LogP contribution in [0.4, 0.5) is 13.2 Å². The number of carbonyl (C=O) groups is 1. The van der Waals surface area contributed by atoms with Gasteiger partial charge in [-0.05, 0) is 49.6 Å². The molecule has 2 bridgehead atoms. The van der Waals surface area contributed by atoms with Gasteiger partial charge in [0, 0.05) is 11.6 Å². The van der Waals surface area contributed by atoms with E-state index in [9.17, 15) is 18.0 Å². The molecular formula is C19H15F3N2O2. The molecule has 3 fully saturated rings. The van der Waals surface area contributed by atoms with E-state index in [4.69, 9.17) is 9.72 Å². The minimum atomic E-state index is -4.15. The summed E-state index contributed by atoms with van der Waals surface area (Å²) in [5, 5.41) is 0. The van der Waals surface area contributed by atoms with Crippen molar-refractivity contribution in [3.8, 4) is 0 Å². The van der Waals surface area contributed by atoms with Crippen molar-refractivity contribution in [3.63, 3.8) is 0 Å². The Labute approximate surface area is 146 Å². The SMILES string of the molecule is COC(=O)c1ccc2c(c1)nc(C13CC(C(F)(F)F)(C1)C3)c1cccn12. The van der Waals surface area contributed by atoms with Crippen LogP contribution in [0, 0.1) is 5.41 Å². The Kier molecular flexibility index (Phi) is 2.76. The molecule has 7 heteroatoms. The van der Waals surface area contributed by atoms with E-state index in [1.807, 2.05) is 22.7 Å². The quantitative estimate of drug-likeness (QED) is 0.642. The Balaban J connectivity index is 1.66. The molecule has 26 heavy (non-hydrogen) atoms. The number of methoxy groups -OCH3 is 1. The van der Waals surface area contributed by atoms with Gasteiger partial charge in [-0.25, -0.2) is 9.78 Å². The van der Waals surface area contributed by atoms with Gasteiger partial charge in [0.15, 0.2) is 0 Å². The van der Waals surface area contributed by atoms with Gasteiger partial charge >= 0.3 is 12.1 Å². The molecule has 0 spiro atoms. The number of ether oxygens (including phenoxy) is 1. The topological polar surface area (TPSA) is 43.6 Å². The molecular weight excluding hydrogens is 345 g/mol. The van der Waals surface area contributed by atoms with Crippen LogP contribution in [0.25, 0.3) is 16.6 Å². The van der Waals surface area contributed by atoms with E-state index in [1.165, 1.54) is 7.11 Å². The predicted molar refractivity (Wildman–Crippen MR) is 88.1 cm³/mol. The summed E-state index contributed by atoms with van der Waals surface area (Å²) >= 11 is 0.